The highest BCUT2D eigenvalue weighted by Gasteiger charge is 2.23. The van der Waals surface area contributed by atoms with Gasteiger partial charge in [-0.25, -0.2) is 0 Å². The highest BCUT2D eigenvalue weighted by Crippen LogP contribution is 2.26. The quantitative estimate of drug-likeness (QED) is 0.608. The number of rotatable bonds is 1. The Hall–Kier alpha value is 0.0400. The van der Waals surface area contributed by atoms with E-state index in [-0.39, 0.29) is 11.2 Å². The van der Waals surface area contributed by atoms with Gasteiger partial charge in [-0.2, -0.15) is 0 Å². The van der Waals surface area contributed by atoms with Crippen molar-refractivity contribution in [1.82, 2.24) is 0 Å². The molecule has 0 N–H and O–H groups in total. The smallest absolute Gasteiger partial charge is 0.219 e. The third-order valence-corrected chi connectivity index (χ3v) is 3.16. The van der Waals surface area contributed by atoms with E-state index in [1.165, 1.54) is 11.8 Å². The molecular weight excluding hydrogens is 166 g/mol. The second-order valence-corrected chi connectivity index (χ2v) is 4.43. The van der Waals surface area contributed by atoms with Gasteiger partial charge in [0.15, 0.2) is 0 Å². The van der Waals surface area contributed by atoms with Crippen LogP contribution < -0.4 is 0 Å². The summed E-state index contributed by atoms with van der Waals surface area (Å²) in [6, 6.07) is -0.112. The molecule has 4 heteroatoms. The number of hydrogen-bond acceptors (Lipinski definition) is 4. The van der Waals surface area contributed by atoms with E-state index in [2.05, 4.69) is 11.9 Å². The van der Waals surface area contributed by atoms with Crippen LogP contribution in [0.5, 0.6) is 0 Å². The third kappa shape index (κ3) is 1.76. The van der Waals surface area contributed by atoms with Crippen LogP contribution in [-0.4, -0.2) is 21.3 Å². The van der Waals surface area contributed by atoms with Crippen molar-refractivity contribution in [1.29, 1.82) is 0 Å². The van der Waals surface area contributed by atoms with E-state index in [0.29, 0.717) is 0 Å². The molecule has 10 heavy (non-hydrogen) atoms. The first-order chi connectivity index (χ1) is 4.74. The molecular formula is C6H9NOS2. The molecule has 0 spiro atoms. The summed E-state index contributed by atoms with van der Waals surface area (Å²) in [5.41, 5.74) is 0. The molecule has 1 rings (SSSR count). The molecule has 1 atom stereocenters. The molecule has 0 saturated heterocycles. The van der Waals surface area contributed by atoms with Gasteiger partial charge in [0.2, 0.25) is 5.12 Å². The maximum atomic E-state index is 10.9. The first-order valence-corrected chi connectivity index (χ1v) is 4.96. The van der Waals surface area contributed by atoms with Crippen molar-refractivity contribution in [2.24, 2.45) is 4.99 Å². The number of aliphatic imine (C=N–C) groups is 1. The summed E-state index contributed by atoms with van der Waals surface area (Å²) in [6.45, 7) is 3.89. The number of thioether (sulfide) groups is 2. The van der Waals surface area contributed by atoms with Crippen molar-refractivity contribution < 1.29 is 4.79 Å². The number of hydrogen-bond donors (Lipinski definition) is 0. The Bertz CT molecular complexity index is 179. The first kappa shape index (κ1) is 8.14. The summed E-state index contributed by atoms with van der Waals surface area (Å²) in [5, 5.41) is 0.177. The average molecular weight is 175 g/mol. The van der Waals surface area contributed by atoms with Crippen LogP contribution in [-0.2, 0) is 4.79 Å². The van der Waals surface area contributed by atoms with Gasteiger partial charge in [0.25, 0.3) is 0 Å². The van der Waals surface area contributed by atoms with E-state index in [4.69, 9.17) is 0 Å². The van der Waals surface area contributed by atoms with Crippen molar-refractivity contribution in [3.05, 3.63) is 0 Å². The maximum Gasteiger partial charge on any atom is 0.219 e. The molecule has 1 aliphatic rings. The summed E-state index contributed by atoms with van der Waals surface area (Å²) < 4.78 is 0.931. The maximum absolute atomic E-state index is 10.9. The average Bonchev–Trinajstić information content (AvgIpc) is 2.14. The summed E-state index contributed by atoms with van der Waals surface area (Å²) in [6.07, 6.45) is 0. The highest BCUT2D eigenvalue weighted by molar-refractivity contribution is 8.45. The lowest BCUT2D eigenvalue weighted by Gasteiger charge is -1.89. The Morgan fingerprint density at radius 3 is 2.90 bits per heavy atom. The molecule has 2 nitrogen and oxygen atoms in total. The molecule has 0 unspecified atom stereocenters. The molecule has 0 aromatic carbocycles. The molecule has 0 bridgehead atoms. The second kappa shape index (κ2) is 3.44. The van der Waals surface area contributed by atoms with Gasteiger partial charge in [-0.3, -0.25) is 9.79 Å². The lowest BCUT2D eigenvalue weighted by atomic mass is 10.4. The number of nitrogens with zero attached hydrogens (tertiary/aromatic N) is 1. The fraction of sp³-hybridized carbons (Fsp3) is 0.667. The molecule has 0 aliphatic carbocycles. The van der Waals surface area contributed by atoms with Gasteiger partial charge in [-0.05, 0) is 24.4 Å². The van der Waals surface area contributed by atoms with Crippen molar-refractivity contribution >= 4 is 33.0 Å². The van der Waals surface area contributed by atoms with E-state index in [1.54, 1.807) is 11.8 Å². The Kier molecular flexibility index (Phi) is 2.80. The number of carbonyl (C=O) groups is 1. The molecule has 0 aromatic heterocycles. The van der Waals surface area contributed by atoms with Gasteiger partial charge in [0.1, 0.15) is 10.4 Å². The third-order valence-electron chi connectivity index (χ3n) is 1.10. The summed E-state index contributed by atoms with van der Waals surface area (Å²) in [7, 11) is 0. The van der Waals surface area contributed by atoms with Crippen LogP contribution >= 0.6 is 23.5 Å². The van der Waals surface area contributed by atoms with Gasteiger partial charge in [-0.1, -0.05) is 18.7 Å². The molecule has 0 fully saturated rings. The fourth-order valence-electron chi connectivity index (χ4n) is 0.599. The predicted molar refractivity (Wildman–Crippen MR) is 47.6 cm³/mol. The minimum Gasteiger partial charge on any atom is -0.284 e. The van der Waals surface area contributed by atoms with Crippen LogP contribution in [0.15, 0.2) is 4.99 Å². The Morgan fingerprint density at radius 1 is 1.80 bits per heavy atom. The Labute approximate surface area is 68.9 Å². The predicted octanol–water partition coefficient (Wildman–Crippen LogP) is 1.76. The van der Waals surface area contributed by atoms with Gasteiger partial charge >= 0.3 is 0 Å². The zero-order chi connectivity index (χ0) is 7.56. The lowest BCUT2D eigenvalue weighted by molar-refractivity contribution is -0.111. The normalized spacial score (nSPS) is 25.2. The monoisotopic (exact) mass is 175 g/mol. The molecule has 1 heterocycles. The largest absolute Gasteiger partial charge is 0.284 e. The van der Waals surface area contributed by atoms with Crippen molar-refractivity contribution in [3.63, 3.8) is 0 Å². The van der Waals surface area contributed by atoms with E-state index < -0.39 is 0 Å². The molecule has 0 amide bonds. The van der Waals surface area contributed by atoms with Gasteiger partial charge in [0, 0.05) is 0 Å². The van der Waals surface area contributed by atoms with Crippen LogP contribution in [0.3, 0.4) is 0 Å². The van der Waals surface area contributed by atoms with Crippen molar-refractivity contribution in [2.45, 2.75) is 19.9 Å². The molecule has 56 valence electrons. The van der Waals surface area contributed by atoms with Crippen LogP contribution in [0, 0.1) is 0 Å². The molecule has 0 aromatic rings. The lowest BCUT2D eigenvalue weighted by Crippen LogP contribution is -2.02. The van der Waals surface area contributed by atoms with Gasteiger partial charge in [-0.15, -0.1) is 0 Å². The minimum atomic E-state index is -0.112. The zero-order valence-electron chi connectivity index (χ0n) is 5.96. The molecule has 0 radical (unpaired) electrons. The highest BCUT2D eigenvalue weighted by atomic mass is 32.2. The van der Waals surface area contributed by atoms with Crippen molar-refractivity contribution in [2.75, 3.05) is 5.75 Å². The summed E-state index contributed by atoms with van der Waals surface area (Å²) >= 11 is 2.91. The zero-order valence-corrected chi connectivity index (χ0v) is 7.59. The minimum absolute atomic E-state index is 0.112. The van der Waals surface area contributed by atoms with Crippen LogP contribution in [0.25, 0.3) is 0 Å². The van der Waals surface area contributed by atoms with Crippen LogP contribution in [0.1, 0.15) is 13.8 Å². The van der Waals surface area contributed by atoms with E-state index in [1.807, 2.05) is 6.92 Å². The van der Waals surface area contributed by atoms with Crippen LogP contribution in [0.2, 0.25) is 0 Å². The SMILES string of the molecule is CCSC1=N[C@@H](C)C(=O)S1. The first-order valence-electron chi connectivity index (χ1n) is 3.16. The van der Waals surface area contributed by atoms with E-state index in [9.17, 15) is 4.79 Å². The second-order valence-electron chi connectivity index (χ2n) is 1.93. The fourth-order valence-corrected chi connectivity index (χ4v) is 2.52. The van der Waals surface area contributed by atoms with Crippen LogP contribution in [0.4, 0.5) is 0 Å². The molecule has 1 aliphatic heterocycles. The van der Waals surface area contributed by atoms with Crippen molar-refractivity contribution in [3.8, 4) is 0 Å². The van der Waals surface area contributed by atoms with Gasteiger partial charge < -0.3 is 0 Å². The summed E-state index contributed by atoms with van der Waals surface area (Å²) in [4.78, 5) is 15.0. The Balaban J connectivity index is 2.50. The van der Waals surface area contributed by atoms with Gasteiger partial charge in [0.05, 0.1) is 0 Å². The number of carbonyl (C=O) groups excluding carboxylic acids is 1. The molecule has 0 saturated carbocycles. The van der Waals surface area contributed by atoms with E-state index >= 15 is 0 Å². The summed E-state index contributed by atoms with van der Waals surface area (Å²) in [5.74, 6) is 0.992. The standard InChI is InChI=1S/C6H9NOS2/c1-3-9-6-7-4(2)5(8)10-6/h4H,3H2,1-2H3/t4-/m0/s1. The van der Waals surface area contributed by atoms with E-state index in [0.717, 1.165) is 10.1 Å². The Morgan fingerprint density at radius 2 is 2.50 bits per heavy atom. The topological polar surface area (TPSA) is 29.4 Å².